The van der Waals surface area contributed by atoms with E-state index in [2.05, 4.69) is 9.97 Å². The monoisotopic (exact) mass is 276 g/mol. The van der Waals surface area contributed by atoms with Crippen molar-refractivity contribution in [1.29, 1.82) is 0 Å². The van der Waals surface area contributed by atoms with Gasteiger partial charge in [-0.05, 0) is 36.4 Å². The largest absolute Gasteiger partial charge is 0.508 e. The highest BCUT2D eigenvalue weighted by Gasteiger charge is 2.03. The third kappa shape index (κ3) is 2.95. The number of phenols is 1. The van der Waals surface area contributed by atoms with Crippen molar-refractivity contribution in [3.8, 4) is 5.75 Å². The quantitative estimate of drug-likeness (QED) is 0.589. The molecule has 0 aliphatic carbocycles. The minimum atomic E-state index is -0.194. The molecule has 0 amide bonds. The molecule has 0 unspecified atom stereocenters. The number of nitrogens with zero attached hydrogens (tertiary/aromatic N) is 2. The molecule has 4 nitrogen and oxygen atoms in total. The number of phenolic OH excluding ortho intramolecular Hbond substituents is 1. The Morgan fingerprint density at radius 3 is 2.67 bits per heavy atom. The van der Waals surface area contributed by atoms with Gasteiger partial charge in [-0.1, -0.05) is 24.3 Å². The Labute approximate surface area is 121 Å². The molecule has 0 saturated heterocycles. The van der Waals surface area contributed by atoms with E-state index in [1.165, 1.54) is 18.2 Å². The fraction of sp³-hybridized carbons (Fsp3) is 0. The number of allylic oxidation sites excluding steroid dienone is 1. The van der Waals surface area contributed by atoms with Gasteiger partial charge in [0.25, 0.3) is 0 Å². The summed E-state index contributed by atoms with van der Waals surface area (Å²) in [6, 6.07) is 13.8. The number of fused-ring (bicyclic) bond motifs is 1. The van der Waals surface area contributed by atoms with E-state index in [1.54, 1.807) is 24.4 Å². The van der Waals surface area contributed by atoms with E-state index in [9.17, 15) is 9.90 Å². The van der Waals surface area contributed by atoms with Crippen LogP contribution in [0.4, 0.5) is 0 Å². The number of ketones is 1. The number of aromatic nitrogens is 2. The Morgan fingerprint density at radius 1 is 1.05 bits per heavy atom. The van der Waals surface area contributed by atoms with Gasteiger partial charge in [-0.3, -0.25) is 9.78 Å². The molecule has 0 fully saturated rings. The summed E-state index contributed by atoms with van der Waals surface area (Å²) in [6.07, 6.45) is 4.66. The molecule has 3 aromatic rings. The van der Waals surface area contributed by atoms with E-state index < -0.39 is 0 Å². The summed E-state index contributed by atoms with van der Waals surface area (Å²) in [6.45, 7) is 0. The Kier molecular flexibility index (Phi) is 3.43. The van der Waals surface area contributed by atoms with E-state index in [4.69, 9.17) is 0 Å². The minimum absolute atomic E-state index is 0.0692. The molecular formula is C17H12N2O2. The van der Waals surface area contributed by atoms with Crippen molar-refractivity contribution in [2.24, 2.45) is 0 Å². The van der Waals surface area contributed by atoms with E-state index >= 15 is 0 Å². The third-order valence-corrected chi connectivity index (χ3v) is 3.00. The van der Waals surface area contributed by atoms with E-state index in [0.717, 1.165) is 11.0 Å². The molecule has 0 bridgehead atoms. The number of carbonyl (C=O) groups is 1. The Hall–Kier alpha value is -3.01. The van der Waals surface area contributed by atoms with Crippen LogP contribution >= 0.6 is 0 Å². The number of hydrogen-bond donors (Lipinski definition) is 1. The average molecular weight is 276 g/mol. The summed E-state index contributed by atoms with van der Waals surface area (Å²) in [4.78, 5) is 20.7. The van der Waals surface area contributed by atoms with Gasteiger partial charge in [-0.2, -0.15) is 0 Å². The lowest BCUT2D eigenvalue weighted by Crippen LogP contribution is -1.94. The summed E-state index contributed by atoms with van der Waals surface area (Å²) in [5.41, 5.74) is 2.64. The maximum atomic E-state index is 12.0. The Bertz CT molecular complexity index is 841. The maximum Gasteiger partial charge on any atom is 0.186 e. The van der Waals surface area contributed by atoms with Crippen molar-refractivity contribution in [3.63, 3.8) is 0 Å². The molecule has 0 spiro atoms. The first-order valence-corrected chi connectivity index (χ1v) is 6.45. The zero-order valence-corrected chi connectivity index (χ0v) is 11.1. The summed E-state index contributed by atoms with van der Waals surface area (Å²) < 4.78 is 0. The molecule has 102 valence electrons. The van der Waals surface area contributed by atoms with Crippen LogP contribution in [0.2, 0.25) is 0 Å². The number of para-hydroxylation sites is 2. The van der Waals surface area contributed by atoms with Crippen molar-refractivity contribution in [3.05, 3.63) is 72.1 Å². The van der Waals surface area contributed by atoms with Crippen LogP contribution in [-0.4, -0.2) is 20.9 Å². The van der Waals surface area contributed by atoms with Gasteiger partial charge in [0, 0.05) is 5.56 Å². The first-order chi connectivity index (χ1) is 10.2. The molecule has 0 atom stereocenters. The molecule has 4 heteroatoms. The number of benzene rings is 2. The second-order valence-electron chi connectivity index (χ2n) is 4.53. The lowest BCUT2D eigenvalue weighted by atomic mass is 10.1. The topological polar surface area (TPSA) is 63.1 Å². The van der Waals surface area contributed by atoms with Crippen molar-refractivity contribution < 1.29 is 9.90 Å². The number of hydrogen-bond acceptors (Lipinski definition) is 4. The van der Waals surface area contributed by atoms with Crippen LogP contribution in [0.15, 0.2) is 60.8 Å². The summed E-state index contributed by atoms with van der Waals surface area (Å²) in [5.74, 6) is -0.124. The van der Waals surface area contributed by atoms with Gasteiger partial charge < -0.3 is 5.11 Å². The van der Waals surface area contributed by atoms with Crippen LogP contribution in [0.25, 0.3) is 17.1 Å². The first kappa shape index (κ1) is 13.0. The Balaban J connectivity index is 1.85. The highest BCUT2D eigenvalue weighted by atomic mass is 16.3. The van der Waals surface area contributed by atoms with Crippen molar-refractivity contribution in [1.82, 2.24) is 9.97 Å². The molecule has 0 aliphatic rings. The standard InChI is InChI=1S/C17H12N2O2/c20-14-5-3-4-12(10-14)17(21)9-8-13-11-18-15-6-1-2-7-16(15)19-13/h1-11,20H/b9-8+. The predicted molar refractivity (Wildman–Crippen MR) is 81.0 cm³/mol. The van der Waals surface area contributed by atoms with Crippen LogP contribution in [0, 0.1) is 0 Å². The van der Waals surface area contributed by atoms with Crippen LogP contribution in [0.3, 0.4) is 0 Å². The predicted octanol–water partition coefficient (Wildman–Crippen LogP) is 3.23. The van der Waals surface area contributed by atoms with E-state index in [0.29, 0.717) is 11.3 Å². The molecular weight excluding hydrogens is 264 g/mol. The summed E-state index contributed by atoms with van der Waals surface area (Å²) in [7, 11) is 0. The van der Waals surface area contributed by atoms with E-state index in [-0.39, 0.29) is 11.5 Å². The number of aromatic hydroxyl groups is 1. The van der Waals surface area contributed by atoms with Gasteiger partial charge in [-0.25, -0.2) is 4.98 Å². The molecule has 2 aromatic carbocycles. The van der Waals surface area contributed by atoms with Crippen molar-refractivity contribution in [2.75, 3.05) is 0 Å². The van der Waals surface area contributed by atoms with E-state index in [1.807, 2.05) is 24.3 Å². The molecule has 21 heavy (non-hydrogen) atoms. The van der Waals surface area contributed by atoms with Crippen LogP contribution in [0.1, 0.15) is 16.1 Å². The number of carbonyl (C=O) groups excluding carboxylic acids is 1. The smallest absolute Gasteiger partial charge is 0.186 e. The van der Waals surface area contributed by atoms with Gasteiger partial charge in [0.2, 0.25) is 0 Å². The van der Waals surface area contributed by atoms with Gasteiger partial charge >= 0.3 is 0 Å². The second-order valence-corrected chi connectivity index (χ2v) is 4.53. The molecule has 1 N–H and O–H groups in total. The van der Waals surface area contributed by atoms with Gasteiger partial charge in [0.15, 0.2) is 5.78 Å². The maximum absolute atomic E-state index is 12.0. The molecule has 1 heterocycles. The second kappa shape index (κ2) is 5.54. The third-order valence-electron chi connectivity index (χ3n) is 3.00. The average Bonchev–Trinajstić information content (AvgIpc) is 2.52. The lowest BCUT2D eigenvalue weighted by molar-refractivity contribution is 0.104. The van der Waals surface area contributed by atoms with Gasteiger partial charge in [-0.15, -0.1) is 0 Å². The first-order valence-electron chi connectivity index (χ1n) is 6.45. The molecule has 1 aromatic heterocycles. The highest BCUT2D eigenvalue weighted by Crippen LogP contribution is 2.13. The zero-order valence-electron chi connectivity index (χ0n) is 11.1. The highest BCUT2D eigenvalue weighted by molar-refractivity contribution is 6.06. The zero-order chi connectivity index (χ0) is 14.7. The van der Waals surface area contributed by atoms with Crippen molar-refractivity contribution >= 4 is 22.9 Å². The van der Waals surface area contributed by atoms with Crippen molar-refractivity contribution in [2.45, 2.75) is 0 Å². The number of rotatable bonds is 3. The fourth-order valence-electron chi connectivity index (χ4n) is 1.97. The van der Waals surface area contributed by atoms with Crippen LogP contribution in [-0.2, 0) is 0 Å². The van der Waals surface area contributed by atoms with Crippen LogP contribution in [0.5, 0.6) is 5.75 Å². The van der Waals surface area contributed by atoms with Gasteiger partial charge in [0.05, 0.1) is 22.9 Å². The fourth-order valence-corrected chi connectivity index (χ4v) is 1.97. The molecule has 0 radical (unpaired) electrons. The minimum Gasteiger partial charge on any atom is -0.508 e. The molecule has 3 rings (SSSR count). The molecule has 0 aliphatic heterocycles. The summed E-state index contributed by atoms with van der Waals surface area (Å²) in [5, 5.41) is 9.37. The SMILES string of the molecule is O=C(/C=C/c1cnc2ccccc2n1)c1cccc(O)c1. The Morgan fingerprint density at radius 2 is 1.86 bits per heavy atom. The van der Waals surface area contributed by atoms with Crippen LogP contribution < -0.4 is 0 Å². The lowest BCUT2D eigenvalue weighted by Gasteiger charge is -1.98. The molecule has 0 saturated carbocycles. The normalized spacial score (nSPS) is 11.0. The van der Waals surface area contributed by atoms with Gasteiger partial charge in [0.1, 0.15) is 5.75 Å². The summed E-state index contributed by atoms with van der Waals surface area (Å²) >= 11 is 0.